The number of aryl methyl sites for hydroxylation is 3. The molecule has 0 fully saturated rings. The standard InChI is InChI=1S/C22H30N2O/c1-16(2)24(15-20-9-7-6-8-10-20)12-11-21(25)23-22-18(4)13-17(3)14-19(22)5/h6-10,13-14,16H,11-12,15H2,1-5H3,(H,23,25). The molecule has 0 bridgehead atoms. The molecule has 25 heavy (non-hydrogen) atoms. The summed E-state index contributed by atoms with van der Waals surface area (Å²) in [5.74, 6) is 0.0776. The van der Waals surface area contributed by atoms with Crippen molar-refractivity contribution >= 4 is 11.6 Å². The van der Waals surface area contributed by atoms with Crippen molar-refractivity contribution in [3.63, 3.8) is 0 Å². The maximum atomic E-state index is 12.4. The van der Waals surface area contributed by atoms with Crippen LogP contribution in [0.2, 0.25) is 0 Å². The first-order valence-corrected chi connectivity index (χ1v) is 9.02. The average Bonchev–Trinajstić information content (AvgIpc) is 2.55. The minimum atomic E-state index is 0.0776. The van der Waals surface area contributed by atoms with Crippen LogP contribution in [0, 0.1) is 20.8 Å². The maximum absolute atomic E-state index is 12.4. The van der Waals surface area contributed by atoms with Crippen molar-refractivity contribution in [3.8, 4) is 0 Å². The zero-order valence-electron chi connectivity index (χ0n) is 16.1. The summed E-state index contributed by atoms with van der Waals surface area (Å²) in [7, 11) is 0. The molecule has 0 unspecified atom stereocenters. The van der Waals surface area contributed by atoms with E-state index in [4.69, 9.17) is 0 Å². The van der Waals surface area contributed by atoms with Crippen molar-refractivity contribution in [3.05, 3.63) is 64.7 Å². The lowest BCUT2D eigenvalue weighted by Gasteiger charge is -2.26. The van der Waals surface area contributed by atoms with Gasteiger partial charge in [-0.05, 0) is 51.3 Å². The zero-order chi connectivity index (χ0) is 18.4. The average molecular weight is 338 g/mol. The fraction of sp³-hybridized carbons (Fsp3) is 0.409. The fourth-order valence-corrected chi connectivity index (χ4v) is 3.16. The van der Waals surface area contributed by atoms with Crippen LogP contribution in [0.5, 0.6) is 0 Å². The smallest absolute Gasteiger partial charge is 0.225 e. The molecule has 3 heteroatoms. The Hall–Kier alpha value is -2.13. The summed E-state index contributed by atoms with van der Waals surface area (Å²) in [5.41, 5.74) is 5.70. The Balaban J connectivity index is 1.95. The third kappa shape index (κ3) is 5.71. The van der Waals surface area contributed by atoms with E-state index in [1.807, 2.05) is 19.9 Å². The second kappa shape index (κ2) is 8.82. The molecule has 2 aromatic rings. The summed E-state index contributed by atoms with van der Waals surface area (Å²) in [6.45, 7) is 12.1. The van der Waals surface area contributed by atoms with Crippen LogP contribution in [0.25, 0.3) is 0 Å². The number of carbonyl (C=O) groups is 1. The van der Waals surface area contributed by atoms with Crippen LogP contribution in [0.1, 0.15) is 42.5 Å². The predicted octanol–water partition coefficient (Wildman–Crippen LogP) is 4.85. The summed E-state index contributed by atoms with van der Waals surface area (Å²) in [6.07, 6.45) is 0.498. The van der Waals surface area contributed by atoms with E-state index in [9.17, 15) is 4.79 Å². The van der Waals surface area contributed by atoms with E-state index in [2.05, 4.69) is 67.4 Å². The molecule has 0 aliphatic heterocycles. The molecule has 0 saturated carbocycles. The van der Waals surface area contributed by atoms with Crippen molar-refractivity contribution in [2.24, 2.45) is 0 Å². The summed E-state index contributed by atoms with van der Waals surface area (Å²) in [4.78, 5) is 14.8. The number of hydrogen-bond donors (Lipinski definition) is 1. The van der Waals surface area contributed by atoms with Crippen molar-refractivity contribution in [2.45, 2.75) is 53.6 Å². The van der Waals surface area contributed by atoms with E-state index >= 15 is 0 Å². The number of anilines is 1. The van der Waals surface area contributed by atoms with Crippen LogP contribution in [0.3, 0.4) is 0 Å². The van der Waals surface area contributed by atoms with Crippen LogP contribution >= 0.6 is 0 Å². The largest absolute Gasteiger partial charge is 0.326 e. The van der Waals surface area contributed by atoms with Gasteiger partial charge in [0.05, 0.1) is 0 Å². The minimum Gasteiger partial charge on any atom is -0.326 e. The molecule has 2 rings (SSSR count). The first-order valence-electron chi connectivity index (χ1n) is 9.02. The topological polar surface area (TPSA) is 32.3 Å². The van der Waals surface area contributed by atoms with Crippen molar-refractivity contribution in [1.82, 2.24) is 4.90 Å². The van der Waals surface area contributed by atoms with Crippen LogP contribution in [-0.4, -0.2) is 23.4 Å². The van der Waals surface area contributed by atoms with E-state index < -0.39 is 0 Å². The molecule has 2 aromatic carbocycles. The Kier molecular flexibility index (Phi) is 6.77. The van der Waals surface area contributed by atoms with Crippen LogP contribution in [0.4, 0.5) is 5.69 Å². The second-order valence-electron chi connectivity index (χ2n) is 7.12. The molecule has 3 nitrogen and oxygen atoms in total. The van der Waals surface area contributed by atoms with Gasteiger partial charge in [0.2, 0.25) is 5.91 Å². The van der Waals surface area contributed by atoms with Gasteiger partial charge in [-0.3, -0.25) is 9.69 Å². The third-order valence-electron chi connectivity index (χ3n) is 4.53. The monoisotopic (exact) mass is 338 g/mol. The van der Waals surface area contributed by atoms with Gasteiger partial charge < -0.3 is 5.32 Å². The Morgan fingerprint density at radius 2 is 1.64 bits per heavy atom. The lowest BCUT2D eigenvalue weighted by Crippen LogP contribution is -2.33. The number of hydrogen-bond acceptors (Lipinski definition) is 2. The molecule has 0 heterocycles. The van der Waals surface area contributed by atoms with Gasteiger partial charge in [-0.25, -0.2) is 0 Å². The lowest BCUT2D eigenvalue weighted by molar-refractivity contribution is -0.116. The summed E-state index contributed by atoms with van der Waals surface area (Å²) in [5, 5.41) is 3.10. The number of carbonyl (C=O) groups excluding carboxylic acids is 1. The molecule has 1 amide bonds. The van der Waals surface area contributed by atoms with E-state index in [1.165, 1.54) is 11.1 Å². The quantitative estimate of drug-likeness (QED) is 0.782. The van der Waals surface area contributed by atoms with Gasteiger partial charge in [-0.2, -0.15) is 0 Å². The Morgan fingerprint density at radius 3 is 2.20 bits per heavy atom. The van der Waals surface area contributed by atoms with Crippen LogP contribution < -0.4 is 5.32 Å². The number of amides is 1. The molecule has 0 saturated heterocycles. The van der Waals surface area contributed by atoms with Gasteiger partial charge in [-0.15, -0.1) is 0 Å². The van der Waals surface area contributed by atoms with Crippen molar-refractivity contribution in [2.75, 3.05) is 11.9 Å². The number of rotatable bonds is 7. The molecule has 0 radical (unpaired) electrons. The maximum Gasteiger partial charge on any atom is 0.225 e. The molecule has 0 atom stereocenters. The highest BCUT2D eigenvalue weighted by Crippen LogP contribution is 2.22. The zero-order valence-corrected chi connectivity index (χ0v) is 16.1. The fourth-order valence-electron chi connectivity index (χ4n) is 3.16. The normalized spacial score (nSPS) is 11.2. The van der Waals surface area contributed by atoms with Gasteiger partial charge in [0, 0.05) is 31.2 Å². The van der Waals surface area contributed by atoms with Crippen LogP contribution in [0.15, 0.2) is 42.5 Å². The van der Waals surface area contributed by atoms with Crippen molar-refractivity contribution in [1.29, 1.82) is 0 Å². The highest BCUT2D eigenvalue weighted by molar-refractivity contribution is 5.92. The molecule has 0 aromatic heterocycles. The molecular formula is C22H30N2O. The Labute approximate surface area is 152 Å². The van der Waals surface area contributed by atoms with E-state index in [1.54, 1.807) is 0 Å². The summed E-state index contributed by atoms with van der Waals surface area (Å²) < 4.78 is 0. The van der Waals surface area contributed by atoms with Gasteiger partial charge in [-0.1, -0.05) is 48.0 Å². The first-order chi connectivity index (χ1) is 11.9. The first kappa shape index (κ1) is 19.2. The lowest BCUT2D eigenvalue weighted by atomic mass is 10.0. The van der Waals surface area contributed by atoms with Gasteiger partial charge in [0.25, 0.3) is 0 Å². The molecule has 0 aliphatic rings. The highest BCUT2D eigenvalue weighted by atomic mass is 16.1. The number of benzene rings is 2. The molecular weight excluding hydrogens is 308 g/mol. The van der Waals surface area contributed by atoms with E-state index in [0.717, 1.165) is 29.9 Å². The molecule has 0 aliphatic carbocycles. The summed E-state index contributed by atoms with van der Waals surface area (Å²) in [6, 6.07) is 15.0. The Bertz CT molecular complexity index is 684. The summed E-state index contributed by atoms with van der Waals surface area (Å²) >= 11 is 0. The van der Waals surface area contributed by atoms with Gasteiger partial charge >= 0.3 is 0 Å². The Morgan fingerprint density at radius 1 is 1.04 bits per heavy atom. The van der Waals surface area contributed by atoms with E-state index in [-0.39, 0.29) is 5.91 Å². The molecule has 134 valence electrons. The number of nitrogens with one attached hydrogen (secondary N) is 1. The SMILES string of the molecule is Cc1cc(C)c(NC(=O)CCN(Cc2ccccc2)C(C)C)c(C)c1. The van der Waals surface area contributed by atoms with Gasteiger partial charge in [0.1, 0.15) is 0 Å². The highest BCUT2D eigenvalue weighted by Gasteiger charge is 2.14. The second-order valence-corrected chi connectivity index (χ2v) is 7.12. The van der Waals surface area contributed by atoms with Crippen molar-refractivity contribution < 1.29 is 4.79 Å². The third-order valence-corrected chi connectivity index (χ3v) is 4.53. The molecule has 1 N–H and O–H groups in total. The molecule has 0 spiro atoms. The van der Waals surface area contributed by atoms with Gasteiger partial charge in [0.15, 0.2) is 0 Å². The minimum absolute atomic E-state index is 0.0776. The number of nitrogens with zero attached hydrogens (tertiary/aromatic N) is 1. The van der Waals surface area contributed by atoms with Crippen LogP contribution in [-0.2, 0) is 11.3 Å². The van der Waals surface area contributed by atoms with E-state index in [0.29, 0.717) is 12.5 Å². The predicted molar refractivity (Wildman–Crippen MR) is 106 cm³/mol.